The molecule has 0 bridgehead atoms. The molecule has 0 atom stereocenters. The Morgan fingerprint density at radius 1 is 1.29 bits per heavy atom. The van der Waals surface area contributed by atoms with Gasteiger partial charge in [0.1, 0.15) is 0 Å². The Hall–Kier alpha value is 0.804. The van der Waals surface area contributed by atoms with E-state index in [-0.39, 0.29) is 32.7 Å². The molecule has 0 spiro atoms. The van der Waals surface area contributed by atoms with Crippen molar-refractivity contribution in [3.63, 3.8) is 0 Å². The number of nitrogens with zero attached hydrogens (tertiary/aromatic N) is 1. The molecule has 0 aromatic carbocycles. The van der Waals surface area contributed by atoms with Gasteiger partial charge in [0.05, 0.1) is 0 Å². The van der Waals surface area contributed by atoms with E-state index in [1.807, 2.05) is 0 Å². The van der Waals surface area contributed by atoms with Gasteiger partial charge in [-0.25, -0.2) is 0 Å². The topological polar surface area (TPSA) is 14.1 Å². The molecule has 0 saturated carbocycles. The second kappa shape index (κ2) is 4.95. The number of rotatable bonds is 0. The van der Waals surface area contributed by atoms with E-state index in [0.29, 0.717) is 0 Å². The van der Waals surface area contributed by atoms with E-state index in [4.69, 9.17) is 0 Å². The van der Waals surface area contributed by atoms with E-state index in [2.05, 4.69) is 17.5 Å². The third-order valence-corrected chi connectivity index (χ3v) is 0.855. The van der Waals surface area contributed by atoms with E-state index in [0.717, 1.165) is 19.5 Å². The summed E-state index contributed by atoms with van der Waals surface area (Å²) in [4.78, 5) is 0. The van der Waals surface area contributed by atoms with Crippen molar-refractivity contribution in [1.82, 2.24) is 0 Å². The maximum atomic E-state index is 4.09. The van der Waals surface area contributed by atoms with Crippen molar-refractivity contribution in [2.45, 2.75) is 6.42 Å². The van der Waals surface area contributed by atoms with Gasteiger partial charge in [-0.1, -0.05) is 12.5 Å². The van der Waals surface area contributed by atoms with Gasteiger partial charge in [0, 0.05) is 32.7 Å². The Kier molecular flexibility index (Phi) is 5.52. The molecule has 1 aliphatic rings. The molecule has 0 aromatic rings. The van der Waals surface area contributed by atoms with Crippen LogP contribution < -0.4 is 0 Å². The zero-order valence-corrected chi connectivity index (χ0v) is 7.14. The van der Waals surface area contributed by atoms with Crippen molar-refractivity contribution in [3.8, 4) is 0 Å². The smallest absolute Gasteiger partial charge is 0 e. The average Bonchev–Trinajstić information content (AvgIpc) is 1.72. The maximum absolute atomic E-state index is 4.09. The summed E-state index contributed by atoms with van der Waals surface area (Å²) in [5, 5.41) is 4.09. The molecule has 0 amide bonds. The summed E-state index contributed by atoms with van der Waals surface area (Å²) in [6.45, 7) is 1.98. The molecule has 1 rings (SSSR count). The molecule has 0 saturated heterocycles. The standard InChI is InChI=1S/C5H8N.Y/c1-2-4-6-5-3-1;/h1-2H,3-5H2;/q-1;. The minimum absolute atomic E-state index is 0. The molecule has 0 aliphatic carbocycles. The van der Waals surface area contributed by atoms with Crippen LogP contribution in [0.15, 0.2) is 12.2 Å². The fourth-order valence-corrected chi connectivity index (χ4v) is 0.524. The molecule has 0 fully saturated rings. The molecule has 1 heterocycles. The first-order valence-corrected chi connectivity index (χ1v) is 2.28. The third-order valence-electron chi connectivity index (χ3n) is 0.855. The van der Waals surface area contributed by atoms with Gasteiger partial charge in [0.2, 0.25) is 0 Å². The Balaban J connectivity index is 0.000000360. The minimum Gasteiger partial charge on any atom is -0.659 e. The van der Waals surface area contributed by atoms with E-state index < -0.39 is 0 Å². The van der Waals surface area contributed by atoms with Crippen molar-refractivity contribution in [3.05, 3.63) is 17.5 Å². The third kappa shape index (κ3) is 3.39. The summed E-state index contributed by atoms with van der Waals surface area (Å²) in [5.41, 5.74) is 0. The van der Waals surface area contributed by atoms with Gasteiger partial charge in [-0.3, -0.25) is 0 Å². The van der Waals surface area contributed by atoms with Crippen LogP contribution in [0.5, 0.6) is 0 Å². The zero-order chi connectivity index (χ0) is 4.24. The molecule has 0 unspecified atom stereocenters. The van der Waals surface area contributed by atoms with Gasteiger partial charge in [0.15, 0.2) is 0 Å². The second-order valence-corrected chi connectivity index (χ2v) is 1.39. The molecule has 1 radical (unpaired) electrons. The molecule has 1 aliphatic heterocycles. The Labute approximate surface area is 69.4 Å². The van der Waals surface area contributed by atoms with Gasteiger partial charge in [0.25, 0.3) is 0 Å². The minimum atomic E-state index is 0. The SMILES string of the molecule is C1=CC[N-]CC1.[Y]. The summed E-state index contributed by atoms with van der Waals surface area (Å²) >= 11 is 0. The van der Waals surface area contributed by atoms with Crippen LogP contribution in [-0.4, -0.2) is 13.1 Å². The zero-order valence-electron chi connectivity index (χ0n) is 4.30. The van der Waals surface area contributed by atoms with Crippen LogP contribution in [0.4, 0.5) is 0 Å². The Morgan fingerprint density at radius 2 is 2.14 bits per heavy atom. The number of hydrogen-bond donors (Lipinski definition) is 0. The molecule has 1 nitrogen and oxygen atoms in total. The average molecular weight is 171 g/mol. The first-order chi connectivity index (χ1) is 3.00. The van der Waals surface area contributed by atoms with Gasteiger partial charge < -0.3 is 5.32 Å². The van der Waals surface area contributed by atoms with Crippen molar-refractivity contribution in [2.75, 3.05) is 13.1 Å². The first-order valence-electron chi connectivity index (χ1n) is 2.28. The molecule has 7 heavy (non-hydrogen) atoms. The maximum Gasteiger partial charge on any atom is 0 e. The van der Waals surface area contributed by atoms with Crippen molar-refractivity contribution in [1.29, 1.82) is 0 Å². The van der Waals surface area contributed by atoms with Crippen molar-refractivity contribution >= 4 is 0 Å². The van der Waals surface area contributed by atoms with Crippen molar-refractivity contribution in [2.24, 2.45) is 0 Å². The monoisotopic (exact) mass is 171 g/mol. The number of hydrogen-bond acceptors (Lipinski definition) is 0. The van der Waals surface area contributed by atoms with Crippen LogP contribution in [0.3, 0.4) is 0 Å². The summed E-state index contributed by atoms with van der Waals surface area (Å²) in [7, 11) is 0. The van der Waals surface area contributed by atoms with E-state index in [1.54, 1.807) is 0 Å². The molecule has 37 valence electrons. The fourth-order valence-electron chi connectivity index (χ4n) is 0.524. The summed E-state index contributed by atoms with van der Waals surface area (Å²) < 4.78 is 0. The Bertz CT molecular complexity index is 53.1. The van der Waals surface area contributed by atoms with Crippen LogP contribution in [0.1, 0.15) is 6.42 Å². The van der Waals surface area contributed by atoms with Gasteiger partial charge in [-0.15, -0.1) is 19.2 Å². The van der Waals surface area contributed by atoms with Gasteiger partial charge in [-0.05, 0) is 0 Å². The summed E-state index contributed by atoms with van der Waals surface area (Å²) in [6.07, 6.45) is 5.43. The summed E-state index contributed by atoms with van der Waals surface area (Å²) in [5.74, 6) is 0. The predicted molar refractivity (Wildman–Crippen MR) is 26.8 cm³/mol. The predicted octanol–water partition coefficient (Wildman–Crippen LogP) is 1.32. The van der Waals surface area contributed by atoms with Crippen LogP contribution in [0.25, 0.3) is 5.32 Å². The van der Waals surface area contributed by atoms with Gasteiger partial charge >= 0.3 is 0 Å². The normalized spacial score (nSPS) is 18.3. The van der Waals surface area contributed by atoms with Crippen LogP contribution in [-0.2, 0) is 32.7 Å². The van der Waals surface area contributed by atoms with Crippen LogP contribution in [0, 0.1) is 0 Å². The fraction of sp³-hybridized carbons (Fsp3) is 0.600. The second-order valence-electron chi connectivity index (χ2n) is 1.39. The molecule has 2 heteroatoms. The van der Waals surface area contributed by atoms with E-state index in [9.17, 15) is 0 Å². The molecule has 0 aromatic heterocycles. The van der Waals surface area contributed by atoms with E-state index >= 15 is 0 Å². The quantitative estimate of drug-likeness (QED) is 0.488. The van der Waals surface area contributed by atoms with Crippen LogP contribution in [0.2, 0.25) is 0 Å². The summed E-state index contributed by atoms with van der Waals surface area (Å²) in [6, 6.07) is 0. The molecular formula is C5H8NY-. The van der Waals surface area contributed by atoms with Crippen LogP contribution >= 0.6 is 0 Å². The Morgan fingerprint density at radius 3 is 2.29 bits per heavy atom. The van der Waals surface area contributed by atoms with E-state index in [1.165, 1.54) is 0 Å². The largest absolute Gasteiger partial charge is 0.659 e. The molecule has 0 N–H and O–H groups in total. The molecular weight excluding hydrogens is 163 g/mol. The van der Waals surface area contributed by atoms with Gasteiger partial charge in [-0.2, -0.15) is 0 Å². The first kappa shape index (κ1) is 7.80. The van der Waals surface area contributed by atoms with Crippen molar-refractivity contribution < 1.29 is 32.7 Å².